The standard InChI is InChI=1S/C16H24N2O/c1-12(13-7-5-6-8-13)18-16(19)15(11-17)14-9-3-2-4-10-14/h2-4,9-10,12-13,15H,5-8,11,17H2,1H3,(H,18,19)/t12-,15?/m1/s1. The highest BCUT2D eigenvalue weighted by atomic mass is 16.1. The minimum Gasteiger partial charge on any atom is -0.353 e. The number of nitrogens with one attached hydrogen (secondary N) is 1. The van der Waals surface area contributed by atoms with Gasteiger partial charge in [-0.25, -0.2) is 0 Å². The third kappa shape index (κ3) is 3.57. The summed E-state index contributed by atoms with van der Waals surface area (Å²) in [6.45, 7) is 2.47. The largest absolute Gasteiger partial charge is 0.353 e. The van der Waals surface area contributed by atoms with Crippen LogP contribution in [-0.4, -0.2) is 18.5 Å². The molecule has 1 aromatic carbocycles. The Hall–Kier alpha value is -1.35. The smallest absolute Gasteiger partial charge is 0.229 e. The first-order valence-corrected chi connectivity index (χ1v) is 7.27. The first kappa shape index (κ1) is 14.1. The quantitative estimate of drug-likeness (QED) is 0.854. The van der Waals surface area contributed by atoms with E-state index < -0.39 is 0 Å². The lowest BCUT2D eigenvalue weighted by Crippen LogP contribution is -2.41. The van der Waals surface area contributed by atoms with E-state index in [0.29, 0.717) is 12.5 Å². The maximum absolute atomic E-state index is 12.4. The van der Waals surface area contributed by atoms with E-state index in [1.165, 1.54) is 25.7 Å². The van der Waals surface area contributed by atoms with Gasteiger partial charge < -0.3 is 11.1 Å². The van der Waals surface area contributed by atoms with Crippen LogP contribution in [0.4, 0.5) is 0 Å². The van der Waals surface area contributed by atoms with Gasteiger partial charge in [0.2, 0.25) is 5.91 Å². The average Bonchev–Trinajstić information content (AvgIpc) is 2.94. The molecule has 0 aromatic heterocycles. The van der Waals surface area contributed by atoms with Crippen LogP contribution in [0.5, 0.6) is 0 Å². The fourth-order valence-electron chi connectivity index (χ4n) is 2.98. The molecule has 1 amide bonds. The van der Waals surface area contributed by atoms with Gasteiger partial charge in [-0.2, -0.15) is 0 Å². The monoisotopic (exact) mass is 260 g/mol. The first-order chi connectivity index (χ1) is 9.22. The molecule has 1 unspecified atom stereocenters. The maximum Gasteiger partial charge on any atom is 0.229 e. The molecule has 1 aromatic rings. The van der Waals surface area contributed by atoms with Crippen molar-refractivity contribution >= 4 is 5.91 Å². The van der Waals surface area contributed by atoms with E-state index in [9.17, 15) is 4.79 Å². The van der Waals surface area contributed by atoms with Crippen molar-refractivity contribution in [2.75, 3.05) is 6.54 Å². The fraction of sp³-hybridized carbons (Fsp3) is 0.562. The number of carbonyl (C=O) groups is 1. The predicted octanol–water partition coefficient (Wildman–Crippen LogP) is 2.42. The molecule has 0 bridgehead atoms. The zero-order valence-corrected chi connectivity index (χ0v) is 11.6. The number of rotatable bonds is 5. The minimum atomic E-state index is -0.231. The van der Waals surface area contributed by atoms with E-state index in [1.54, 1.807) is 0 Å². The van der Waals surface area contributed by atoms with Crippen molar-refractivity contribution in [2.24, 2.45) is 11.7 Å². The number of carbonyl (C=O) groups excluding carboxylic acids is 1. The molecule has 104 valence electrons. The summed E-state index contributed by atoms with van der Waals surface area (Å²) in [5.41, 5.74) is 6.78. The topological polar surface area (TPSA) is 55.1 Å². The summed E-state index contributed by atoms with van der Waals surface area (Å²) in [4.78, 5) is 12.4. The van der Waals surface area contributed by atoms with Gasteiger partial charge in [-0.3, -0.25) is 4.79 Å². The molecule has 3 heteroatoms. The van der Waals surface area contributed by atoms with Crippen molar-refractivity contribution < 1.29 is 4.79 Å². The molecule has 1 aliphatic rings. The van der Waals surface area contributed by atoms with E-state index in [-0.39, 0.29) is 17.9 Å². The Morgan fingerprint density at radius 3 is 2.53 bits per heavy atom. The zero-order chi connectivity index (χ0) is 13.7. The third-order valence-corrected chi connectivity index (χ3v) is 4.23. The Kier molecular flexibility index (Phi) is 4.97. The van der Waals surface area contributed by atoms with Gasteiger partial charge in [0.05, 0.1) is 5.92 Å². The summed E-state index contributed by atoms with van der Waals surface area (Å²) in [5.74, 6) is 0.469. The van der Waals surface area contributed by atoms with Crippen LogP contribution in [0, 0.1) is 5.92 Å². The van der Waals surface area contributed by atoms with Gasteiger partial charge in [0.1, 0.15) is 0 Å². The Balaban J connectivity index is 1.97. The Morgan fingerprint density at radius 2 is 1.95 bits per heavy atom. The van der Waals surface area contributed by atoms with Crippen molar-refractivity contribution in [3.8, 4) is 0 Å². The molecule has 0 radical (unpaired) electrons. The van der Waals surface area contributed by atoms with Crippen LogP contribution in [0.15, 0.2) is 30.3 Å². The lowest BCUT2D eigenvalue weighted by molar-refractivity contribution is -0.123. The fourth-order valence-corrected chi connectivity index (χ4v) is 2.98. The van der Waals surface area contributed by atoms with Gasteiger partial charge in [-0.15, -0.1) is 0 Å². The summed E-state index contributed by atoms with van der Waals surface area (Å²) in [5, 5.41) is 3.15. The normalized spacial score (nSPS) is 19.1. The van der Waals surface area contributed by atoms with Crippen LogP contribution in [0.3, 0.4) is 0 Å². The van der Waals surface area contributed by atoms with Gasteiger partial charge in [0, 0.05) is 12.6 Å². The number of nitrogens with two attached hydrogens (primary N) is 1. The van der Waals surface area contributed by atoms with Crippen LogP contribution in [-0.2, 0) is 4.79 Å². The molecular weight excluding hydrogens is 236 g/mol. The van der Waals surface area contributed by atoms with Crippen LogP contribution < -0.4 is 11.1 Å². The first-order valence-electron chi connectivity index (χ1n) is 7.27. The molecule has 19 heavy (non-hydrogen) atoms. The highest BCUT2D eigenvalue weighted by Crippen LogP contribution is 2.28. The van der Waals surface area contributed by atoms with E-state index in [2.05, 4.69) is 12.2 Å². The second-order valence-electron chi connectivity index (χ2n) is 5.54. The summed E-state index contributed by atoms with van der Waals surface area (Å²) in [6.07, 6.45) is 5.06. The lowest BCUT2D eigenvalue weighted by atomic mass is 9.95. The molecule has 0 saturated heterocycles. The number of hydrogen-bond donors (Lipinski definition) is 2. The van der Waals surface area contributed by atoms with Gasteiger partial charge in [0.15, 0.2) is 0 Å². The van der Waals surface area contributed by atoms with Crippen molar-refractivity contribution in [3.05, 3.63) is 35.9 Å². The van der Waals surface area contributed by atoms with E-state index >= 15 is 0 Å². The Bertz CT molecular complexity index is 398. The molecule has 2 rings (SSSR count). The molecule has 3 N–H and O–H groups in total. The van der Waals surface area contributed by atoms with E-state index in [1.807, 2.05) is 30.3 Å². The SMILES string of the molecule is C[C@@H](NC(=O)C(CN)c1ccccc1)C1CCCC1. The molecule has 0 aliphatic heterocycles. The minimum absolute atomic E-state index is 0.0631. The van der Waals surface area contributed by atoms with Crippen molar-refractivity contribution in [1.29, 1.82) is 0 Å². The maximum atomic E-state index is 12.4. The van der Waals surface area contributed by atoms with E-state index in [4.69, 9.17) is 5.73 Å². The molecule has 1 fully saturated rings. The second kappa shape index (κ2) is 6.71. The Labute approximate surface area is 115 Å². The van der Waals surface area contributed by atoms with Crippen LogP contribution in [0.1, 0.15) is 44.1 Å². The summed E-state index contributed by atoms with van der Waals surface area (Å²) >= 11 is 0. The molecule has 1 aliphatic carbocycles. The average molecular weight is 260 g/mol. The molecule has 0 spiro atoms. The lowest BCUT2D eigenvalue weighted by Gasteiger charge is -2.23. The molecule has 1 saturated carbocycles. The van der Waals surface area contributed by atoms with Crippen LogP contribution >= 0.6 is 0 Å². The number of amides is 1. The molecular formula is C16H24N2O. The van der Waals surface area contributed by atoms with Crippen LogP contribution in [0.25, 0.3) is 0 Å². The third-order valence-electron chi connectivity index (χ3n) is 4.23. The Morgan fingerprint density at radius 1 is 1.32 bits per heavy atom. The molecule has 0 heterocycles. The predicted molar refractivity (Wildman–Crippen MR) is 77.8 cm³/mol. The molecule has 2 atom stereocenters. The molecule has 3 nitrogen and oxygen atoms in total. The summed E-state index contributed by atoms with van der Waals surface area (Å²) in [7, 11) is 0. The zero-order valence-electron chi connectivity index (χ0n) is 11.6. The summed E-state index contributed by atoms with van der Waals surface area (Å²) < 4.78 is 0. The van der Waals surface area contributed by atoms with Crippen molar-refractivity contribution in [2.45, 2.75) is 44.6 Å². The number of hydrogen-bond acceptors (Lipinski definition) is 2. The summed E-state index contributed by atoms with van der Waals surface area (Å²) in [6, 6.07) is 10.1. The van der Waals surface area contributed by atoms with Crippen LogP contribution in [0.2, 0.25) is 0 Å². The van der Waals surface area contributed by atoms with Gasteiger partial charge >= 0.3 is 0 Å². The van der Waals surface area contributed by atoms with Gasteiger partial charge in [-0.05, 0) is 31.2 Å². The van der Waals surface area contributed by atoms with Crippen molar-refractivity contribution in [1.82, 2.24) is 5.32 Å². The highest BCUT2D eigenvalue weighted by Gasteiger charge is 2.26. The highest BCUT2D eigenvalue weighted by molar-refractivity contribution is 5.84. The number of benzene rings is 1. The van der Waals surface area contributed by atoms with Crippen molar-refractivity contribution in [3.63, 3.8) is 0 Å². The van der Waals surface area contributed by atoms with Gasteiger partial charge in [0.25, 0.3) is 0 Å². The van der Waals surface area contributed by atoms with E-state index in [0.717, 1.165) is 5.56 Å². The second-order valence-corrected chi connectivity index (χ2v) is 5.54. The van der Waals surface area contributed by atoms with Gasteiger partial charge in [-0.1, -0.05) is 43.2 Å².